The molecule has 0 bridgehead atoms. The third-order valence-electron chi connectivity index (χ3n) is 1.55. The van der Waals surface area contributed by atoms with Gasteiger partial charge in [-0.25, -0.2) is 5.90 Å². The molecule has 0 aliphatic rings. The number of rotatable bonds is 6. The van der Waals surface area contributed by atoms with Crippen molar-refractivity contribution in [2.45, 2.75) is 24.4 Å². The quantitative estimate of drug-likeness (QED) is 0.219. The van der Waals surface area contributed by atoms with Crippen LogP contribution in [0.1, 0.15) is 0 Å². The van der Waals surface area contributed by atoms with E-state index in [2.05, 4.69) is 10.7 Å². The SMILES string of the molecule is NO[C@@H]([C@H](O)[C@H](O)CO)[C@@H](O)C=O. The van der Waals surface area contributed by atoms with Crippen LogP contribution in [0.15, 0.2) is 0 Å². The number of hydrogen-bond donors (Lipinski definition) is 5. The fraction of sp³-hybridized carbons (Fsp3) is 0.833. The van der Waals surface area contributed by atoms with E-state index in [0.29, 0.717) is 0 Å². The molecule has 0 saturated carbocycles. The normalized spacial score (nSPS) is 20.4. The summed E-state index contributed by atoms with van der Waals surface area (Å²) in [7, 11) is 0. The zero-order valence-corrected chi connectivity index (χ0v) is 6.78. The molecule has 0 radical (unpaired) electrons. The first-order valence-electron chi connectivity index (χ1n) is 3.54. The lowest BCUT2D eigenvalue weighted by Crippen LogP contribution is -2.49. The van der Waals surface area contributed by atoms with E-state index < -0.39 is 31.0 Å². The number of aldehydes is 1. The van der Waals surface area contributed by atoms with Crippen molar-refractivity contribution in [3.63, 3.8) is 0 Å². The van der Waals surface area contributed by atoms with Crippen LogP contribution in [0, 0.1) is 0 Å². The van der Waals surface area contributed by atoms with Crippen molar-refractivity contribution < 1.29 is 30.1 Å². The summed E-state index contributed by atoms with van der Waals surface area (Å²) in [6.45, 7) is -0.730. The maximum atomic E-state index is 10.1. The van der Waals surface area contributed by atoms with E-state index in [9.17, 15) is 4.79 Å². The average Bonchev–Trinajstić information content (AvgIpc) is 2.17. The second-order valence-corrected chi connectivity index (χ2v) is 2.47. The second kappa shape index (κ2) is 5.97. The van der Waals surface area contributed by atoms with E-state index in [4.69, 9.17) is 20.4 Å². The Balaban J connectivity index is 4.29. The van der Waals surface area contributed by atoms with Gasteiger partial charge in [0, 0.05) is 0 Å². The summed E-state index contributed by atoms with van der Waals surface area (Å²) in [4.78, 5) is 14.2. The molecule has 6 N–H and O–H groups in total. The fourth-order valence-corrected chi connectivity index (χ4v) is 0.767. The standard InChI is InChI=1S/C6H13NO6/c7-13-6(4(11)2-9)5(12)3(10)1-8/h2-6,8,10-12H,1,7H2/t3-,4+,5-,6-/m1/s1. The Morgan fingerprint density at radius 2 is 1.92 bits per heavy atom. The molecular weight excluding hydrogens is 182 g/mol. The topological polar surface area (TPSA) is 133 Å². The smallest absolute Gasteiger partial charge is 0.151 e. The fourth-order valence-electron chi connectivity index (χ4n) is 0.767. The molecule has 0 amide bonds. The van der Waals surface area contributed by atoms with Crippen LogP contribution in [0.3, 0.4) is 0 Å². The predicted molar refractivity (Wildman–Crippen MR) is 40.2 cm³/mol. The van der Waals surface area contributed by atoms with Gasteiger partial charge in [-0.3, -0.25) is 4.84 Å². The Labute approximate surface area is 74.3 Å². The van der Waals surface area contributed by atoms with Crippen LogP contribution in [-0.2, 0) is 9.63 Å². The monoisotopic (exact) mass is 195 g/mol. The predicted octanol–water partition coefficient (Wildman–Crippen LogP) is -3.48. The molecule has 0 aliphatic heterocycles. The molecule has 13 heavy (non-hydrogen) atoms. The van der Waals surface area contributed by atoms with Gasteiger partial charge >= 0.3 is 0 Å². The molecule has 0 rings (SSSR count). The number of carbonyl (C=O) groups excluding carboxylic acids is 1. The minimum absolute atomic E-state index is 0.102. The minimum atomic E-state index is -1.65. The van der Waals surface area contributed by atoms with Crippen LogP contribution in [0.2, 0.25) is 0 Å². The van der Waals surface area contributed by atoms with Crippen molar-refractivity contribution in [3.05, 3.63) is 0 Å². The van der Waals surface area contributed by atoms with Crippen molar-refractivity contribution in [1.82, 2.24) is 0 Å². The molecule has 0 aromatic carbocycles. The van der Waals surface area contributed by atoms with Crippen molar-refractivity contribution >= 4 is 6.29 Å². The minimum Gasteiger partial charge on any atom is -0.394 e. The number of nitrogens with two attached hydrogens (primary N) is 1. The summed E-state index contributed by atoms with van der Waals surface area (Å²) in [5.74, 6) is 4.67. The molecule has 0 unspecified atom stereocenters. The van der Waals surface area contributed by atoms with E-state index in [1.807, 2.05) is 0 Å². The summed E-state index contributed by atoms with van der Waals surface area (Å²) in [6.07, 6.45) is -6.16. The third-order valence-corrected chi connectivity index (χ3v) is 1.55. The largest absolute Gasteiger partial charge is 0.394 e. The lowest BCUT2D eigenvalue weighted by molar-refractivity contribution is -0.151. The summed E-state index contributed by atoms with van der Waals surface area (Å²) in [5.41, 5.74) is 0. The Morgan fingerprint density at radius 3 is 2.23 bits per heavy atom. The molecule has 4 atom stereocenters. The molecule has 78 valence electrons. The zero-order chi connectivity index (χ0) is 10.4. The summed E-state index contributed by atoms with van der Waals surface area (Å²) in [6, 6.07) is 0. The van der Waals surface area contributed by atoms with E-state index in [1.54, 1.807) is 0 Å². The highest BCUT2D eigenvalue weighted by molar-refractivity contribution is 5.56. The highest BCUT2D eigenvalue weighted by Crippen LogP contribution is 2.06. The Hall–Kier alpha value is -0.570. The first-order valence-corrected chi connectivity index (χ1v) is 3.54. The Bertz CT molecular complexity index is 154. The van der Waals surface area contributed by atoms with Crippen LogP contribution in [-0.4, -0.2) is 57.7 Å². The van der Waals surface area contributed by atoms with Crippen LogP contribution in [0.5, 0.6) is 0 Å². The second-order valence-electron chi connectivity index (χ2n) is 2.47. The van der Waals surface area contributed by atoms with E-state index >= 15 is 0 Å². The van der Waals surface area contributed by atoms with Gasteiger partial charge in [-0.05, 0) is 0 Å². The van der Waals surface area contributed by atoms with Crippen molar-refractivity contribution in [1.29, 1.82) is 0 Å². The lowest BCUT2D eigenvalue weighted by atomic mass is 10.0. The van der Waals surface area contributed by atoms with E-state index in [0.717, 1.165) is 0 Å². The first-order chi connectivity index (χ1) is 6.08. The molecule has 7 heteroatoms. The number of aliphatic hydroxyl groups is 4. The van der Waals surface area contributed by atoms with Crippen molar-refractivity contribution in [2.75, 3.05) is 6.61 Å². The molecule has 0 aromatic heterocycles. The molecule has 0 aromatic rings. The Morgan fingerprint density at radius 1 is 1.38 bits per heavy atom. The van der Waals surface area contributed by atoms with Crippen LogP contribution in [0.4, 0.5) is 0 Å². The van der Waals surface area contributed by atoms with Gasteiger partial charge in [0.2, 0.25) is 0 Å². The molecule has 0 heterocycles. The zero-order valence-electron chi connectivity index (χ0n) is 6.78. The molecule has 0 spiro atoms. The Kier molecular flexibility index (Phi) is 5.71. The van der Waals surface area contributed by atoms with Gasteiger partial charge in [-0.1, -0.05) is 0 Å². The van der Waals surface area contributed by atoms with Gasteiger partial charge in [0.15, 0.2) is 6.29 Å². The molecule has 0 saturated heterocycles. The summed E-state index contributed by atoms with van der Waals surface area (Å²) >= 11 is 0. The van der Waals surface area contributed by atoms with E-state index in [1.165, 1.54) is 0 Å². The van der Waals surface area contributed by atoms with Gasteiger partial charge in [0.05, 0.1) is 6.61 Å². The average molecular weight is 195 g/mol. The van der Waals surface area contributed by atoms with Gasteiger partial charge in [-0.15, -0.1) is 0 Å². The van der Waals surface area contributed by atoms with E-state index in [-0.39, 0.29) is 6.29 Å². The highest BCUT2D eigenvalue weighted by atomic mass is 16.6. The van der Waals surface area contributed by atoms with Crippen LogP contribution >= 0.6 is 0 Å². The molecular formula is C6H13NO6. The van der Waals surface area contributed by atoms with Gasteiger partial charge in [0.25, 0.3) is 0 Å². The van der Waals surface area contributed by atoms with Crippen LogP contribution in [0.25, 0.3) is 0 Å². The molecule has 0 aliphatic carbocycles. The summed E-state index contributed by atoms with van der Waals surface area (Å²) in [5, 5.41) is 35.4. The molecule has 7 nitrogen and oxygen atoms in total. The lowest BCUT2D eigenvalue weighted by Gasteiger charge is -2.25. The van der Waals surface area contributed by atoms with Gasteiger partial charge < -0.3 is 25.2 Å². The highest BCUT2D eigenvalue weighted by Gasteiger charge is 2.32. The van der Waals surface area contributed by atoms with Crippen molar-refractivity contribution in [2.24, 2.45) is 5.90 Å². The number of aliphatic hydroxyl groups excluding tert-OH is 4. The maximum absolute atomic E-state index is 10.1. The maximum Gasteiger partial charge on any atom is 0.151 e. The number of hydrogen-bond acceptors (Lipinski definition) is 7. The molecule has 0 fully saturated rings. The number of carbonyl (C=O) groups is 1. The van der Waals surface area contributed by atoms with Crippen LogP contribution < -0.4 is 5.90 Å². The third kappa shape index (κ3) is 3.35. The summed E-state index contributed by atoms with van der Waals surface area (Å²) < 4.78 is 0. The van der Waals surface area contributed by atoms with Crippen molar-refractivity contribution in [3.8, 4) is 0 Å². The first kappa shape index (κ1) is 12.4. The van der Waals surface area contributed by atoms with Gasteiger partial charge in [0.1, 0.15) is 24.4 Å². The van der Waals surface area contributed by atoms with Gasteiger partial charge in [-0.2, -0.15) is 0 Å².